The van der Waals surface area contributed by atoms with Gasteiger partial charge in [-0.1, -0.05) is 30.3 Å². The van der Waals surface area contributed by atoms with E-state index in [1.165, 1.54) is 12.1 Å². The minimum absolute atomic E-state index is 0.0632. The van der Waals surface area contributed by atoms with E-state index in [9.17, 15) is 23.1 Å². The molecular weight excluding hydrogens is 359 g/mol. The molecule has 0 aromatic heterocycles. The summed E-state index contributed by atoms with van der Waals surface area (Å²) in [5, 5.41) is 10.6. The summed E-state index contributed by atoms with van der Waals surface area (Å²) < 4.78 is 44.0. The van der Waals surface area contributed by atoms with E-state index in [1.807, 2.05) is 35.2 Å². The zero-order valence-corrected chi connectivity index (χ0v) is 14.9. The van der Waals surface area contributed by atoms with Gasteiger partial charge in [0, 0.05) is 25.5 Å². The Labute approximate surface area is 156 Å². The quantitative estimate of drug-likeness (QED) is 0.670. The first-order valence-corrected chi connectivity index (χ1v) is 8.53. The van der Waals surface area contributed by atoms with Crippen molar-refractivity contribution in [3.8, 4) is 5.75 Å². The van der Waals surface area contributed by atoms with Crippen LogP contribution in [0.25, 0.3) is 0 Å². The van der Waals surface area contributed by atoms with Gasteiger partial charge in [-0.15, -0.1) is 0 Å². The molecule has 0 aliphatic heterocycles. The highest BCUT2D eigenvalue weighted by molar-refractivity contribution is 5.64. The molecule has 2 rings (SSSR count). The summed E-state index contributed by atoms with van der Waals surface area (Å²) in [5.74, 6) is -0.767. The first kappa shape index (κ1) is 20.8. The van der Waals surface area contributed by atoms with Crippen LogP contribution < -0.4 is 9.84 Å². The van der Waals surface area contributed by atoms with Gasteiger partial charge in [-0.2, -0.15) is 13.2 Å². The molecule has 0 fully saturated rings. The molecular formula is C20H21F3NO3-. The summed E-state index contributed by atoms with van der Waals surface area (Å²) >= 11 is 0. The number of carboxylic acid groups (broad SMARTS) is 1. The van der Waals surface area contributed by atoms with Crippen molar-refractivity contribution in [3.05, 3.63) is 65.7 Å². The number of aliphatic carboxylic acids is 1. The molecule has 0 saturated heterocycles. The number of hydrogen-bond acceptors (Lipinski definition) is 4. The van der Waals surface area contributed by atoms with E-state index >= 15 is 0 Å². The maximum absolute atomic E-state index is 12.7. The van der Waals surface area contributed by atoms with Gasteiger partial charge in [0.2, 0.25) is 0 Å². The van der Waals surface area contributed by atoms with Crippen molar-refractivity contribution in [1.82, 2.24) is 4.90 Å². The SMILES string of the molecule is CN(CCC(=O)[O-])CCC(Oc1ccc(C(F)(F)F)cc1)c1ccccc1. The molecule has 7 heteroatoms. The maximum Gasteiger partial charge on any atom is 0.416 e. The van der Waals surface area contributed by atoms with Crippen molar-refractivity contribution < 1.29 is 27.8 Å². The highest BCUT2D eigenvalue weighted by Gasteiger charge is 2.30. The summed E-state index contributed by atoms with van der Waals surface area (Å²) in [6.07, 6.45) is -4.27. The van der Waals surface area contributed by atoms with Crippen LogP contribution in [0.5, 0.6) is 5.75 Å². The van der Waals surface area contributed by atoms with Crippen molar-refractivity contribution in [1.29, 1.82) is 0 Å². The highest BCUT2D eigenvalue weighted by Crippen LogP contribution is 2.32. The number of carbonyl (C=O) groups is 1. The molecule has 2 aromatic rings. The number of halogens is 3. The molecule has 0 amide bonds. The molecule has 27 heavy (non-hydrogen) atoms. The molecule has 0 spiro atoms. The van der Waals surface area contributed by atoms with Crippen LogP contribution in [0.4, 0.5) is 13.2 Å². The third-order valence-corrected chi connectivity index (χ3v) is 4.10. The lowest BCUT2D eigenvalue weighted by atomic mass is 10.1. The summed E-state index contributed by atoms with van der Waals surface area (Å²) in [6, 6.07) is 13.9. The van der Waals surface area contributed by atoms with E-state index in [2.05, 4.69) is 0 Å². The smallest absolute Gasteiger partial charge is 0.416 e. The highest BCUT2D eigenvalue weighted by atomic mass is 19.4. The fraction of sp³-hybridized carbons (Fsp3) is 0.350. The number of ether oxygens (including phenoxy) is 1. The normalized spacial score (nSPS) is 12.8. The van der Waals surface area contributed by atoms with E-state index in [1.54, 1.807) is 7.05 Å². The van der Waals surface area contributed by atoms with E-state index < -0.39 is 17.7 Å². The topological polar surface area (TPSA) is 52.6 Å². The fourth-order valence-corrected chi connectivity index (χ4v) is 2.58. The van der Waals surface area contributed by atoms with E-state index in [4.69, 9.17) is 4.74 Å². The van der Waals surface area contributed by atoms with Gasteiger partial charge in [-0.05, 0) is 43.3 Å². The number of carboxylic acids is 1. The minimum Gasteiger partial charge on any atom is -0.550 e. The van der Waals surface area contributed by atoms with Gasteiger partial charge < -0.3 is 19.5 Å². The van der Waals surface area contributed by atoms with Crippen molar-refractivity contribution in [2.24, 2.45) is 0 Å². The lowest BCUT2D eigenvalue weighted by Gasteiger charge is -2.23. The summed E-state index contributed by atoms with van der Waals surface area (Å²) in [5.41, 5.74) is 0.166. The van der Waals surface area contributed by atoms with Crippen LogP contribution in [0.2, 0.25) is 0 Å². The standard InChI is InChI=1S/C20H22F3NO3/c1-24(14-12-19(25)26)13-11-18(15-5-3-2-4-6-15)27-17-9-7-16(8-10-17)20(21,22)23/h2-10,18H,11-14H2,1H3,(H,25,26)/p-1. The van der Waals surface area contributed by atoms with E-state index in [0.29, 0.717) is 25.3 Å². The van der Waals surface area contributed by atoms with Gasteiger partial charge in [0.05, 0.1) is 5.56 Å². The third-order valence-electron chi connectivity index (χ3n) is 4.10. The van der Waals surface area contributed by atoms with Crippen LogP contribution in [0.3, 0.4) is 0 Å². The fourth-order valence-electron chi connectivity index (χ4n) is 2.58. The summed E-state index contributed by atoms with van der Waals surface area (Å²) in [7, 11) is 1.79. The van der Waals surface area contributed by atoms with Gasteiger partial charge in [0.25, 0.3) is 0 Å². The Kier molecular flexibility index (Phi) is 7.24. The Morgan fingerprint density at radius 3 is 2.26 bits per heavy atom. The van der Waals surface area contributed by atoms with E-state index in [0.717, 1.165) is 17.7 Å². The molecule has 0 saturated carbocycles. The zero-order chi connectivity index (χ0) is 19.9. The number of hydrogen-bond donors (Lipinski definition) is 0. The molecule has 1 atom stereocenters. The van der Waals surface area contributed by atoms with Crippen LogP contribution in [0.1, 0.15) is 30.1 Å². The minimum atomic E-state index is -4.39. The lowest BCUT2D eigenvalue weighted by molar-refractivity contribution is -0.305. The largest absolute Gasteiger partial charge is 0.550 e. The van der Waals surface area contributed by atoms with Crippen LogP contribution in [-0.2, 0) is 11.0 Å². The maximum atomic E-state index is 12.7. The summed E-state index contributed by atoms with van der Waals surface area (Å²) in [6.45, 7) is 0.914. The molecule has 0 aliphatic carbocycles. The van der Waals surface area contributed by atoms with Crippen molar-refractivity contribution in [2.45, 2.75) is 25.1 Å². The Morgan fingerprint density at radius 2 is 1.70 bits per heavy atom. The van der Waals surface area contributed by atoms with Crippen LogP contribution >= 0.6 is 0 Å². The second kappa shape index (κ2) is 9.41. The number of alkyl halides is 3. The van der Waals surface area contributed by atoms with Crippen LogP contribution in [-0.4, -0.2) is 31.0 Å². The third kappa shape index (κ3) is 6.94. The second-order valence-electron chi connectivity index (χ2n) is 6.25. The second-order valence-corrected chi connectivity index (χ2v) is 6.25. The van der Waals surface area contributed by atoms with Gasteiger partial charge in [0.1, 0.15) is 11.9 Å². The molecule has 0 N–H and O–H groups in total. The molecule has 0 heterocycles. The van der Waals surface area contributed by atoms with Gasteiger partial charge in [0.15, 0.2) is 0 Å². The van der Waals surface area contributed by atoms with Crippen molar-refractivity contribution in [3.63, 3.8) is 0 Å². The van der Waals surface area contributed by atoms with Crippen molar-refractivity contribution >= 4 is 5.97 Å². The Morgan fingerprint density at radius 1 is 1.07 bits per heavy atom. The first-order chi connectivity index (χ1) is 12.8. The zero-order valence-electron chi connectivity index (χ0n) is 14.9. The molecule has 1 unspecified atom stereocenters. The van der Waals surface area contributed by atoms with Crippen molar-refractivity contribution in [2.75, 3.05) is 20.1 Å². The predicted molar refractivity (Wildman–Crippen MR) is 93.0 cm³/mol. The monoisotopic (exact) mass is 380 g/mol. The number of nitrogens with zero attached hydrogens (tertiary/aromatic N) is 1. The first-order valence-electron chi connectivity index (χ1n) is 8.53. The molecule has 0 aliphatic rings. The van der Waals surface area contributed by atoms with Gasteiger partial charge >= 0.3 is 6.18 Å². The molecule has 0 bridgehead atoms. The number of carbonyl (C=O) groups excluding carboxylic acids is 1. The number of benzene rings is 2. The lowest BCUT2D eigenvalue weighted by Crippen LogP contribution is -2.30. The summed E-state index contributed by atoms with van der Waals surface area (Å²) in [4.78, 5) is 12.4. The average molecular weight is 380 g/mol. The molecule has 0 radical (unpaired) electrons. The predicted octanol–water partition coefficient (Wildman–Crippen LogP) is 3.29. The van der Waals surface area contributed by atoms with E-state index in [-0.39, 0.29) is 12.5 Å². The average Bonchev–Trinajstić information content (AvgIpc) is 2.63. The Bertz CT molecular complexity index is 718. The molecule has 2 aromatic carbocycles. The van der Waals surface area contributed by atoms with Crippen LogP contribution in [0, 0.1) is 0 Å². The molecule has 146 valence electrons. The Balaban J connectivity index is 2.06. The number of rotatable bonds is 9. The van der Waals surface area contributed by atoms with Crippen LogP contribution in [0.15, 0.2) is 54.6 Å². The molecule has 4 nitrogen and oxygen atoms in total. The van der Waals surface area contributed by atoms with Gasteiger partial charge in [-0.3, -0.25) is 0 Å². The Hall–Kier alpha value is -2.54. The van der Waals surface area contributed by atoms with Gasteiger partial charge in [-0.25, -0.2) is 0 Å².